The van der Waals surface area contributed by atoms with Gasteiger partial charge in [-0.1, -0.05) is 6.07 Å². The van der Waals surface area contributed by atoms with Crippen LogP contribution in [0.25, 0.3) is 0 Å². The molecule has 26 heavy (non-hydrogen) atoms. The van der Waals surface area contributed by atoms with E-state index in [0.29, 0.717) is 32.0 Å². The van der Waals surface area contributed by atoms with Crippen LogP contribution in [0, 0.1) is 18.6 Å². The number of aromatic nitrogens is 2. The monoisotopic (exact) mass is 361 g/mol. The Morgan fingerprint density at radius 2 is 1.81 bits per heavy atom. The molecule has 2 aromatic rings. The molecular formula is C18H21F2N5O. The largest absolute Gasteiger partial charge is 0.370 e. The van der Waals surface area contributed by atoms with Crippen LogP contribution in [0.3, 0.4) is 0 Å². The molecule has 1 aliphatic heterocycles. The first-order chi connectivity index (χ1) is 12.5. The van der Waals surface area contributed by atoms with Crippen molar-refractivity contribution in [2.24, 2.45) is 0 Å². The van der Waals surface area contributed by atoms with Crippen LogP contribution in [-0.2, 0) is 0 Å². The van der Waals surface area contributed by atoms with Crippen molar-refractivity contribution in [1.82, 2.24) is 14.9 Å². The molecule has 8 heteroatoms. The number of halogens is 2. The number of amides is 1. The molecule has 1 N–H and O–H groups in total. The predicted molar refractivity (Wildman–Crippen MR) is 95.4 cm³/mol. The molecular weight excluding hydrogens is 340 g/mol. The van der Waals surface area contributed by atoms with Crippen molar-refractivity contribution in [1.29, 1.82) is 0 Å². The zero-order valence-electron chi connectivity index (χ0n) is 14.8. The van der Waals surface area contributed by atoms with Gasteiger partial charge in [0.2, 0.25) is 0 Å². The lowest BCUT2D eigenvalue weighted by Crippen LogP contribution is -2.49. The normalized spacial score (nSPS) is 14.5. The maximum absolute atomic E-state index is 13.8. The molecule has 1 amide bonds. The number of piperazine rings is 1. The van der Waals surface area contributed by atoms with Crippen molar-refractivity contribution in [2.75, 3.05) is 42.9 Å². The highest BCUT2D eigenvalue weighted by molar-refractivity contribution is 5.95. The van der Waals surface area contributed by atoms with Crippen LogP contribution in [-0.4, -0.2) is 53.5 Å². The summed E-state index contributed by atoms with van der Waals surface area (Å²) in [5.41, 5.74) is -0.492. The number of hydrogen-bond donors (Lipinski definition) is 1. The van der Waals surface area contributed by atoms with Gasteiger partial charge in [0.05, 0.1) is 0 Å². The number of aryl methyl sites for hydroxylation is 1. The van der Waals surface area contributed by atoms with Crippen LogP contribution >= 0.6 is 0 Å². The van der Waals surface area contributed by atoms with Gasteiger partial charge in [0.15, 0.2) is 0 Å². The molecule has 0 bridgehead atoms. The van der Waals surface area contributed by atoms with Crippen LogP contribution < -0.4 is 10.2 Å². The molecule has 0 aliphatic carbocycles. The number of carbonyl (C=O) groups is 1. The van der Waals surface area contributed by atoms with Gasteiger partial charge in [0.25, 0.3) is 5.91 Å². The number of nitrogens with zero attached hydrogens (tertiary/aromatic N) is 4. The zero-order valence-corrected chi connectivity index (χ0v) is 14.8. The molecule has 2 heterocycles. The van der Waals surface area contributed by atoms with E-state index >= 15 is 0 Å². The van der Waals surface area contributed by atoms with Crippen molar-refractivity contribution in [3.8, 4) is 0 Å². The third-order valence-electron chi connectivity index (χ3n) is 4.25. The van der Waals surface area contributed by atoms with Crippen LogP contribution in [0.2, 0.25) is 0 Å². The van der Waals surface area contributed by atoms with Gasteiger partial charge in [0.1, 0.15) is 34.7 Å². The number of anilines is 2. The van der Waals surface area contributed by atoms with Gasteiger partial charge in [-0.25, -0.2) is 18.7 Å². The lowest BCUT2D eigenvalue weighted by Gasteiger charge is -2.35. The number of benzene rings is 1. The summed E-state index contributed by atoms with van der Waals surface area (Å²) in [5.74, 6) is -0.101. The highest BCUT2D eigenvalue weighted by Gasteiger charge is 2.27. The molecule has 0 atom stereocenters. The third-order valence-corrected chi connectivity index (χ3v) is 4.25. The summed E-state index contributed by atoms with van der Waals surface area (Å²) in [4.78, 5) is 24.7. The Balaban J connectivity index is 1.70. The Morgan fingerprint density at radius 3 is 2.42 bits per heavy atom. The Labute approximate surface area is 150 Å². The zero-order chi connectivity index (χ0) is 18.7. The fourth-order valence-electron chi connectivity index (χ4n) is 2.98. The van der Waals surface area contributed by atoms with E-state index < -0.39 is 23.1 Å². The quantitative estimate of drug-likeness (QED) is 0.906. The molecule has 1 aromatic heterocycles. The van der Waals surface area contributed by atoms with Crippen molar-refractivity contribution in [3.05, 3.63) is 47.3 Å². The molecule has 1 fully saturated rings. The van der Waals surface area contributed by atoms with Crippen molar-refractivity contribution in [2.45, 2.75) is 13.8 Å². The summed E-state index contributed by atoms with van der Waals surface area (Å²) in [5, 5.41) is 3.16. The van der Waals surface area contributed by atoms with Gasteiger partial charge < -0.3 is 15.1 Å². The molecule has 1 aromatic carbocycles. The molecule has 0 spiro atoms. The van der Waals surface area contributed by atoms with Gasteiger partial charge in [0, 0.05) is 38.8 Å². The van der Waals surface area contributed by atoms with Crippen LogP contribution in [0.15, 0.2) is 24.3 Å². The SMILES string of the molecule is CCNc1cc(N2CCN(C(=O)c3c(F)cccc3F)CC2)nc(C)n1. The lowest BCUT2D eigenvalue weighted by molar-refractivity contribution is 0.0736. The minimum atomic E-state index is -0.834. The summed E-state index contributed by atoms with van der Waals surface area (Å²) in [7, 11) is 0. The second-order valence-electron chi connectivity index (χ2n) is 6.06. The average molecular weight is 361 g/mol. The molecule has 0 radical (unpaired) electrons. The van der Waals surface area contributed by atoms with Gasteiger partial charge in [-0.15, -0.1) is 0 Å². The second-order valence-corrected chi connectivity index (χ2v) is 6.06. The van der Waals surface area contributed by atoms with Crippen molar-refractivity contribution < 1.29 is 13.6 Å². The highest BCUT2D eigenvalue weighted by atomic mass is 19.1. The fraction of sp³-hybridized carbons (Fsp3) is 0.389. The van der Waals surface area contributed by atoms with E-state index in [0.717, 1.165) is 30.3 Å². The highest BCUT2D eigenvalue weighted by Crippen LogP contribution is 2.20. The van der Waals surface area contributed by atoms with Gasteiger partial charge >= 0.3 is 0 Å². The molecule has 3 rings (SSSR count). The number of rotatable bonds is 4. The lowest BCUT2D eigenvalue weighted by atomic mass is 10.1. The molecule has 1 aliphatic rings. The van der Waals surface area contributed by atoms with E-state index in [2.05, 4.69) is 15.3 Å². The Kier molecular flexibility index (Phi) is 5.29. The molecule has 0 unspecified atom stereocenters. The first kappa shape index (κ1) is 18.0. The minimum Gasteiger partial charge on any atom is -0.370 e. The Hall–Kier alpha value is -2.77. The predicted octanol–water partition coefficient (Wildman–Crippen LogP) is 2.46. The van der Waals surface area contributed by atoms with E-state index in [4.69, 9.17) is 0 Å². The molecule has 1 saturated heterocycles. The van der Waals surface area contributed by atoms with Crippen LogP contribution in [0.5, 0.6) is 0 Å². The summed E-state index contributed by atoms with van der Waals surface area (Å²) in [6, 6.07) is 5.31. The third kappa shape index (κ3) is 3.74. The summed E-state index contributed by atoms with van der Waals surface area (Å²) >= 11 is 0. The van der Waals surface area contributed by atoms with E-state index in [1.54, 1.807) is 0 Å². The average Bonchev–Trinajstić information content (AvgIpc) is 2.61. The van der Waals surface area contributed by atoms with Gasteiger partial charge in [-0.3, -0.25) is 4.79 Å². The number of hydrogen-bond acceptors (Lipinski definition) is 5. The van der Waals surface area contributed by atoms with E-state index in [1.807, 2.05) is 24.8 Å². The van der Waals surface area contributed by atoms with Gasteiger partial charge in [-0.05, 0) is 26.0 Å². The first-order valence-electron chi connectivity index (χ1n) is 8.57. The minimum absolute atomic E-state index is 0.367. The van der Waals surface area contributed by atoms with E-state index in [9.17, 15) is 13.6 Å². The van der Waals surface area contributed by atoms with Crippen LogP contribution in [0.4, 0.5) is 20.4 Å². The first-order valence-corrected chi connectivity index (χ1v) is 8.57. The topological polar surface area (TPSA) is 61.4 Å². The Morgan fingerprint density at radius 1 is 1.15 bits per heavy atom. The maximum atomic E-state index is 13.8. The van der Waals surface area contributed by atoms with Gasteiger partial charge in [-0.2, -0.15) is 0 Å². The number of carbonyl (C=O) groups excluding carboxylic acids is 1. The van der Waals surface area contributed by atoms with Crippen molar-refractivity contribution >= 4 is 17.5 Å². The fourth-order valence-corrected chi connectivity index (χ4v) is 2.98. The summed E-state index contributed by atoms with van der Waals surface area (Å²) < 4.78 is 27.7. The van der Waals surface area contributed by atoms with Crippen molar-refractivity contribution in [3.63, 3.8) is 0 Å². The van der Waals surface area contributed by atoms with E-state index in [-0.39, 0.29) is 0 Å². The summed E-state index contributed by atoms with van der Waals surface area (Å²) in [6.45, 7) is 6.37. The van der Waals surface area contributed by atoms with E-state index in [1.165, 1.54) is 11.0 Å². The van der Waals surface area contributed by atoms with Crippen LogP contribution in [0.1, 0.15) is 23.1 Å². The molecule has 0 saturated carbocycles. The Bertz CT molecular complexity index is 786. The maximum Gasteiger partial charge on any atom is 0.259 e. The smallest absolute Gasteiger partial charge is 0.259 e. The molecule has 6 nitrogen and oxygen atoms in total. The second kappa shape index (κ2) is 7.63. The standard InChI is InChI=1S/C18H21F2N5O/c1-3-21-15-11-16(23-12(2)22-15)24-7-9-25(10-8-24)18(26)17-13(19)5-4-6-14(17)20/h4-6,11H,3,7-10H2,1-2H3,(H,21,22,23). The summed E-state index contributed by atoms with van der Waals surface area (Å²) in [6.07, 6.45) is 0. The molecule has 138 valence electrons. The number of nitrogens with one attached hydrogen (secondary N) is 1.